The standard InChI is InChI=1S/C17H16ClN3O3/c1-11-10-21(13-6-3-2-5-12(13)18)20-16(11)17(23)19-9-14(22)15-7-4-8-24-15/h2-8,10,14,22H,9H2,1H3,(H,19,23)/t14-/m0/s1. The normalized spacial score (nSPS) is 12.1. The van der Waals surface area contributed by atoms with E-state index in [9.17, 15) is 9.90 Å². The van der Waals surface area contributed by atoms with Crippen molar-refractivity contribution in [2.75, 3.05) is 6.54 Å². The smallest absolute Gasteiger partial charge is 0.272 e. The second-order valence-corrected chi connectivity index (χ2v) is 5.71. The number of rotatable bonds is 5. The van der Waals surface area contributed by atoms with Gasteiger partial charge in [-0.1, -0.05) is 23.7 Å². The molecular weight excluding hydrogens is 330 g/mol. The Bertz CT molecular complexity index is 843. The van der Waals surface area contributed by atoms with Crippen LogP contribution in [-0.2, 0) is 0 Å². The number of para-hydroxylation sites is 1. The molecule has 2 N–H and O–H groups in total. The summed E-state index contributed by atoms with van der Waals surface area (Å²) in [4.78, 5) is 12.3. The van der Waals surface area contributed by atoms with E-state index in [4.69, 9.17) is 16.0 Å². The van der Waals surface area contributed by atoms with Gasteiger partial charge < -0.3 is 14.8 Å². The molecule has 0 saturated carbocycles. The van der Waals surface area contributed by atoms with Gasteiger partial charge >= 0.3 is 0 Å². The average molecular weight is 346 g/mol. The van der Waals surface area contributed by atoms with Crippen LogP contribution in [0.15, 0.2) is 53.3 Å². The van der Waals surface area contributed by atoms with Gasteiger partial charge in [-0.2, -0.15) is 5.10 Å². The molecule has 0 aliphatic heterocycles. The molecule has 0 fully saturated rings. The number of nitrogens with one attached hydrogen (secondary N) is 1. The van der Waals surface area contributed by atoms with Crippen molar-refractivity contribution < 1.29 is 14.3 Å². The fourth-order valence-corrected chi connectivity index (χ4v) is 2.52. The third-order valence-corrected chi connectivity index (χ3v) is 3.86. The molecule has 6 nitrogen and oxygen atoms in total. The van der Waals surface area contributed by atoms with Crippen molar-refractivity contribution in [1.29, 1.82) is 0 Å². The van der Waals surface area contributed by atoms with Gasteiger partial charge in [0.05, 0.1) is 23.5 Å². The number of nitrogens with zero attached hydrogens (tertiary/aromatic N) is 2. The minimum absolute atomic E-state index is 0.0325. The van der Waals surface area contributed by atoms with Gasteiger partial charge in [0.25, 0.3) is 5.91 Å². The molecule has 1 atom stereocenters. The molecule has 0 spiro atoms. The van der Waals surface area contributed by atoms with E-state index in [2.05, 4.69) is 10.4 Å². The first-order chi connectivity index (χ1) is 11.6. The number of halogens is 1. The van der Waals surface area contributed by atoms with Crippen LogP contribution in [0.3, 0.4) is 0 Å². The number of aryl methyl sites for hydroxylation is 1. The molecule has 0 aliphatic rings. The number of aliphatic hydroxyl groups excluding tert-OH is 1. The molecule has 7 heteroatoms. The monoisotopic (exact) mass is 345 g/mol. The summed E-state index contributed by atoms with van der Waals surface area (Å²) in [5.74, 6) is 0.0255. The van der Waals surface area contributed by atoms with E-state index < -0.39 is 6.10 Å². The van der Waals surface area contributed by atoms with Gasteiger partial charge in [0.15, 0.2) is 5.69 Å². The van der Waals surface area contributed by atoms with Crippen molar-refractivity contribution in [3.8, 4) is 5.69 Å². The Balaban J connectivity index is 1.73. The van der Waals surface area contributed by atoms with Gasteiger partial charge in [-0.3, -0.25) is 4.79 Å². The summed E-state index contributed by atoms with van der Waals surface area (Å²) in [6.07, 6.45) is 2.30. The fraction of sp³-hybridized carbons (Fsp3) is 0.176. The van der Waals surface area contributed by atoms with Crippen LogP contribution in [0, 0.1) is 6.92 Å². The van der Waals surface area contributed by atoms with E-state index in [1.165, 1.54) is 6.26 Å². The minimum atomic E-state index is -0.907. The first-order valence-corrected chi connectivity index (χ1v) is 7.75. The topological polar surface area (TPSA) is 80.3 Å². The molecule has 2 heterocycles. The Hall–Kier alpha value is -2.57. The highest BCUT2D eigenvalue weighted by atomic mass is 35.5. The van der Waals surface area contributed by atoms with Gasteiger partial charge in [0.1, 0.15) is 11.9 Å². The summed E-state index contributed by atoms with van der Waals surface area (Å²) >= 11 is 6.15. The summed E-state index contributed by atoms with van der Waals surface area (Å²) < 4.78 is 6.66. The molecule has 2 aromatic heterocycles. The number of carbonyl (C=O) groups excluding carboxylic acids is 1. The third-order valence-electron chi connectivity index (χ3n) is 3.54. The Labute approximate surface area is 143 Å². The highest BCUT2D eigenvalue weighted by Gasteiger charge is 2.18. The lowest BCUT2D eigenvalue weighted by Gasteiger charge is -2.08. The summed E-state index contributed by atoms with van der Waals surface area (Å²) in [6.45, 7) is 1.82. The van der Waals surface area contributed by atoms with Crippen LogP contribution in [0.1, 0.15) is 27.9 Å². The lowest BCUT2D eigenvalue weighted by Crippen LogP contribution is -2.29. The quantitative estimate of drug-likeness (QED) is 0.745. The minimum Gasteiger partial charge on any atom is -0.467 e. The van der Waals surface area contributed by atoms with E-state index >= 15 is 0 Å². The van der Waals surface area contributed by atoms with Gasteiger partial charge in [0, 0.05) is 11.8 Å². The number of benzene rings is 1. The maximum atomic E-state index is 12.3. The highest BCUT2D eigenvalue weighted by Crippen LogP contribution is 2.20. The second-order valence-electron chi connectivity index (χ2n) is 5.30. The molecule has 24 heavy (non-hydrogen) atoms. The van der Waals surface area contributed by atoms with Crippen LogP contribution in [0.2, 0.25) is 5.02 Å². The molecule has 1 aromatic carbocycles. The predicted octanol–water partition coefficient (Wildman–Crippen LogP) is 2.89. The molecule has 3 aromatic rings. The van der Waals surface area contributed by atoms with Crippen LogP contribution >= 0.6 is 11.6 Å². The van der Waals surface area contributed by atoms with Crippen molar-refractivity contribution >= 4 is 17.5 Å². The number of hydrogen-bond donors (Lipinski definition) is 2. The van der Waals surface area contributed by atoms with Gasteiger partial charge in [0.2, 0.25) is 0 Å². The van der Waals surface area contributed by atoms with Crippen molar-refractivity contribution in [3.05, 3.63) is 70.9 Å². The van der Waals surface area contributed by atoms with E-state index in [-0.39, 0.29) is 18.1 Å². The fourth-order valence-electron chi connectivity index (χ4n) is 2.30. The van der Waals surface area contributed by atoms with Crippen molar-refractivity contribution in [3.63, 3.8) is 0 Å². The SMILES string of the molecule is Cc1cn(-c2ccccc2Cl)nc1C(=O)NC[C@H](O)c1ccco1. The Morgan fingerprint density at radius 3 is 2.88 bits per heavy atom. The third kappa shape index (κ3) is 3.34. The van der Waals surface area contributed by atoms with Crippen LogP contribution in [0.25, 0.3) is 5.69 Å². The number of amides is 1. The van der Waals surface area contributed by atoms with Crippen LogP contribution in [0.5, 0.6) is 0 Å². The molecule has 0 aliphatic carbocycles. The Kier molecular flexibility index (Phi) is 4.69. The zero-order valence-corrected chi connectivity index (χ0v) is 13.7. The maximum absolute atomic E-state index is 12.3. The second kappa shape index (κ2) is 6.90. The van der Waals surface area contributed by atoms with E-state index in [0.717, 1.165) is 0 Å². The molecule has 0 radical (unpaired) electrons. The van der Waals surface area contributed by atoms with Crippen LogP contribution in [0.4, 0.5) is 0 Å². The summed E-state index contributed by atoms with van der Waals surface area (Å²) in [6, 6.07) is 10.6. The summed E-state index contributed by atoms with van der Waals surface area (Å²) in [5.41, 5.74) is 1.68. The van der Waals surface area contributed by atoms with Crippen LogP contribution < -0.4 is 5.32 Å². The molecule has 0 bridgehead atoms. The number of furan rings is 1. The molecule has 0 saturated heterocycles. The lowest BCUT2D eigenvalue weighted by atomic mass is 10.2. The van der Waals surface area contributed by atoms with Crippen molar-refractivity contribution in [2.45, 2.75) is 13.0 Å². The molecule has 124 valence electrons. The number of aliphatic hydroxyl groups is 1. The van der Waals surface area contributed by atoms with E-state index in [1.807, 2.05) is 18.2 Å². The number of aromatic nitrogens is 2. The van der Waals surface area contributed by atoms with Gasteiger partial charge in [-0.05, 0) is 31.2 Å². The summed E-state index contributed by atoms with van der Waals surface area (Å²) in [5, 5.41) is 17.4. The Morgan fingerprint density at radius 1 is 1.38 bits per heavy atom. The van der Waals surface area contributed by atoms with Gasteiger partial charge in [-0.15, -0.1) is 0 Å². The highest BCUT2D eigenvalue weighted by molar-refractivity contribution is 6.32. The first-order valence-electron chi connectivity index (χ1n) is 7.37. The largest absolute Gasteiger partial charge is 0.467 e. The summed E-state index contributed by atoms with van der Waals surface area (Å²) in [7, 11) is 0. The average Bonchev–Trinajstić information content (AvgIpc) is 3.22. The lowest BCUT2D eigenvalue weighted by molar-refractivity contribution is 0.0895. The van der Waals surface area contributed by atoms with E-state index in [0.29, 0.717) is 22.0 Å². The van der Waals surface area contributed by atoms with E-state index in [1.54, 1.807) is 36.0 Å². The number of hydrogen-bond acceptors (Lipinski definition) is 4. The van der Waals surface area contributed by atoms with Crippen molar-refractivity contribution in [1.82, 2.24) is 15.1 Å². The molecule has 0 unspecified atom stereocenters. The predicted molar refractivity (Wildman–Crippen MR) is 89.3 cm³/mol. The maximum Gasteiger partial charge on any atom is 0.272 e. The first kappa shape index (κ1) is 16.3. The van der Waals surface area contributed by atoms with Crippen molar-refractivity contribution in [2.24, 2.45) is 0 Å². The molecular formula is C17H16ClN3O3. The zero-order valence-electron chi connectivity index (χ0n) is 12.9. The molecule has 1 amide bonds. The van der Waals surface area contributed by atoms with Crippen LogP contribution in [-0.4, -0.2) is 27.3 Å². The Morgan fingerprint density at radius 2 is 2.17 bits per heavy atom. The molecule has 3 rings (SSSR count). The number of carbonyl (C=O) groups is 1. The van der Waals surface area contributed by atoms with Gasteiger partial charge in [-0.25, -0.2) is 4.68 Å². The zero-order chi connectivity index (χ0) is 17.1.